The van der Waals surface area contributed by atoms with E-state index >= 15 is 0 Å². The lowest BCUT2D eigenvalue weighted by Crippen LogP contribution is -2.14. The monoisotopic (exact) mass is 342 g/mol. The minimum absolute atomic E-state index is 0.0470. The van der Waals surface area contributed by atoms with E-state index in [1.54, 1.807) is 7.11 Å². The maximum atomic E-state index is 6.01. The third-order valence-corrected chi connectivity index (χ3v) is 3.92. The molecule has 114 valence electrons. The van der Waals surface area contributed by atoms with Crippen LogP contribution in [0.1, 0.15) is 46.1 Å². The van der Waals surface area contributed by atoms with Gasteiger partial charge in [0.05, 0.1) is 13.7 Å². The Morgan fingerprint density at radius 2 is 1.90 bits per heavy atom. The number of rotatable bonds is 7. The molecule has 0 heterocycles. The smallest absolute Gasteiger partial charge is 0.123 e. The number of methoxy groups -OCH3 is 1. The van der Waals surface area contributed by atoms with Gasteiger partial charge in [0.15, 0.2) is 0 Å². The minimum Gasteiger partial charge on any atom is -0.497 e. The molecular weight excluding hydrogens is 316 g/mol. The molecule has 0 saturated heterocycles. The van der Waals surface area contributed by atoms with Crippen molar-refractivity contribution in [1.29, 1.82) is 0 Å². The molecule has 0 fully saturated rings. The maximum absolute atomic E-state index is 6.01. The summed E-state index contributed by atoms with van der Waals surface area (Å²) in [4.78, 5) is 0. The zero-order valence-corrected chi connectivity index (χ0v) is 14.9. The number of benzene rings is 1. The standard InChI is InChI=1S/C17H27BrO2/c1-13(8-10-18)9-11-20-16-7-6-14(19-5)12-15(16)17(2,3)4/h6-7,12-13H,8-11H2,1-5H3. The van der Waals surface area contributed by atoms with Crippen LogP contribution in [0.25, 0.3) is 0 Å². The number of halogens is 1. The van der Waals surface area contributed by atoms with Gasteiger partial charge in [-0.25, -0.2) is 0 Å². The second-order valence-corrected chi connectivity index (χ2v) is 7.13. The van der Waals surface area contributed by atoms with Gasteiger partial charge in [0, 0.05) is 10.9 Å². The molecule has 0 amide bonds. The number of ether oxygens (including phenoxy) is 2. The van der Waals surface area contributed by atoms with E-state index in [2.05, 4.69) is 49.7 Å². The van der Waals surface area contributed by atoms with E-state index in [4.69, 9.17) is 9.47 Å². The fourth-order valence-electron chi connectivity index (χ4n) is 2.05. The molecule has 0 aliphatic heterocycles. The van der Waals surface area contributed by atoms with Gasteiger partial charge in [-0.3, -0.25) is 0 Å². The van der Waals surface area contributed by atoms with Crippen LogP contribution in [-0.2, 0) is 5.41 Å². The summed E-state index contributed by atoms with van der Waals surface area (Å²) >= 11 is 3.49. The SMILES string of the molecule is COc1ccc(OCCC(C)CCBr)c(C(C)(C)C)c1. The Balaban J connectivity index is 2.74. The van der Waals surface area contributed by atoms with E-state index < -0.39 is 0 Å². The molecule has 1 aromatic rings. The summed E-state index contributed by atoms with van der Waals surface area (Å²) in [5.41, 5.74) is 1.25. The number of hydrogen-bond donors (Lipinski definition) is 0. The number of alkyl halides is 1. The van der Waals surface area contributed by atoms with Crippen LogP contribution in [0.3, 0.4) is 0 Å². The Morgan fingerprint density at radius 3 is 2.45 bits per heavy atom. The van der Waals surface area contributed by atoms with E-state index in [0.29, 0.717) is 5.92 Å². The molecule has 1 atom stereocenters. The van der Waals surface area contributed by atoms with Gasteiger partial charge in [0.25, 0.3) is 0 Å². The zero-order valence-electron chi connectivity index (χ0n) is 13.3. The largest absolute Gasteiger partial charge is 0.497 e. The van der Waals surface area contributed by atoms with Crippen LogP contribution in [0.15, 0.2) is 18.2 Å². The first-order valence-electron chi connectivity index (χ1n) is 7.25. The van der Waals surface area contributed by atoms with Crippen LogP contribution in [0, 0.1) is 5.92 Å². The molecule has 0 N–H and O–H groups in total. The first kappa shape index (κ1) is 17.4. The summed E-state index contributed by atoms with van der Waals surface area (Å²) in [6, 6.07) is 6.07. The van der Waals surface area contributed by atoms with E-state index in [1.165, 1.54) is 12.0 Å². The van der Waals surface area contributed by atoms with Gasteiger partial charge in [0.1, 0.15) is 11.5 Å². The molecule has 1 unspecified atom stereocenters. The lowest BCUT2D eigenvalue weighted by atomic mass is 9.86. The van der Waals surface area contributed by atoms with Gasteiger partial charge in [0.2, 0.25) is 0 Å². The second-order valence-electron chi connectivity index (χ2n) is 6.33. The van der Waals surface area contributed by atoms with Crippen molar-refractivity contribution in [1.82, 2.24) is 0 Å². The first-order chi connectivity index (χ1) is 9.38. The van der Waals surface area contributed by atoms with Gasteiger partial charge in [-0.05, 0) is 42.4 Å². The van der Waals surface area contributed by atoms with Crippen molar-refractivity contribution < 1.29 is 9.47 Å². The summed E-state index contributed by atoms with van der Waals surface area (Å²) in [6.07, 6.45) is 2.28. The van der Waals surface area contributed by atoms with Crippen molar-refractivity contribution in [2.45, 2.75) is 46.0 Å². The molecule has 0 radical (unpaired) electrons. The second kappa shape index (κ2) is 7.92. The molecule has 0 bridgehead atoms. The van der Waals surface area contributed by atoms with E-state index in [0.717, 1.165) is 29.9 Å². The summed E-state index contributed by atoms with van der Waals surface area (Å²) in [5, 5.41) is 1.06. The third-order valence-electron chi connectivity index (χ3n) is 3.46. The zero-order chi connectivity index (χ0) is 15.2. The summed E-state index contributed by atoms with van der Waals surface area (Å²) in [5.74, 6) is 2.55. The van der Waals surface area contributed by atoms with Crippen LogP contribution in [-0.4, -0.2) is 19.0 Å². The van der Waals surface area contributed by atoms with Crippen LogP contribution in [0.5, 0.6) is 11.5 Å². The molecule has 1 aromatic carbocycles. The van der Waals surface area contributed by atoms with Crippen LogP contribution in [0.4, 0.5) is 0 Å². The topological polar surface area (TPSA) is 18.5 Å². The highest BCUT2D eigenvalue weighted by Gasteiger charge is 2.20. The quantitative estimate of drug-likeness (QED) is 0.635. The first-order valence-corrected chi connectivity index (χ1v) is 8.38. The summed E-state index contributed by atoms with van der Waals surface area (Å²) in [6.45, 7) is 9.62. The summed E-state index contributed by atoms with van der Waals surface area (Å²) in [7, 11) is 1.70. The summed E-state index contributed by atoms with van der Waals surface area (Å²) < 4.78 is 11.3. The molecule has 0 aliphatic rings. The van der Waals surface area contributed by atoms with Gasteiger partial charge < -0.3 is 9.47 Å². The number of hydrogen-bond acceptors (Lipinski definition) is 2. The molecule has 0 aromatic heterocycles. The highest BCUT2D eigenvalue weighted by atomic mass is 79.9. The Kier molecular flexibility index (Phi) is 6.87. The fraction of sp³-hybridized carbons (Fsp3) is 0.647. The van der Waals surface area contributed by atoms with E-state index in [9.17, 15) is 0 Å². The Labute approximate surface area is 132 Å². The van der Waals surface area contributed by atoms with Crippen LogP contribution in [0.2, 0.25) is 0 Å². The molecule has 0 spiro atoms. The lowest BCUT2D eigenvalue weighted by molar-refractivity contribution is 0.275. The predicted molar refractivity (Wildman–Crippen MR) is 89.4 cm³/mol. The predicted octanol–water partition coefficient (Wildman–Crippen LogP) is 5.18. The average Bonchev–Trinajstić information content (AvgIpc) is 2.38. The van der Waals surface area contributed by atoms with Gasteiger partial charge >= 0.3 is 0 Å². The van der Waals surface area contributed by atoms with Crippen molar-refractivity contribution in [2.75, 3.05) is 19.0 Å². The maximum Gasteiger partial charge on any atom is 0.123 e. The molecule has 1 rings (SSSR count). The van der Waals surface area contributed by atoms with Crippen LogP contribution >= 0.6 is 15.9 Å². The van der Waals surface area contributed by atoms with Crippen molar-refractivity contribution in [2.24, 2.45) is 5.92 Å². The Bertz CT molecular complexity index is 410. The Hall–Kier alpha value is -0.700. The van der Waals surface area contributed by atoms with Gasteiger partial charge in [-0.2, -0.15) is 0 Å². The van der Waals surface area contributed by atoms with Gasteiger partial charge in [-0.15, -0.1) is 0 Å². The lowest BCUT2D eigenvalue weighted by Gasteiger charge is -2.24. The fourth-order valence-corrected chi connectivity index (χ4v) is 2.83. The third kappa shape index (κ3) is 5.35. The average molecular weight is 343 g/mol. The van der Waals surface area contributed by atoms with E-state index in [-0.39, 0.29) is 5.41 Å². The normalized spacial score (nSPS) is 13.1. The Morgan fingerprint density at radius 1 is 1.20 bits per heavy atom. The van der Waals surface area contributed by atoms with Gasteiger partial charge in [-0.1, -0.05) is 43.6 Å². The molecule has 20 heavy (non-hydrogen) atoms. The highest BCUT2D eigenvalue weighted by Crippen LogP contribution is 2.34. The van der Waals surface area contributed by atoms with Crippen molar-refractivity contribution in [3.8, 4) is 11.5 Å². The van der Waals surface area contributed by atoms with E-state index in [1.807, 2.05) is 12.1 Å². The van der Waals surface area contributed by atoms with Crippen molar-refractivity contribution in [3.05, 3.63) is 23.8 Å². The molecular formula is C17H27BrO2. The molecule has 0 aliphatic carbocycles. The van der Waals surface area contributed by atoms with Crippen LogP contribution < -0.4 is 9.47 Å². The van der Waals surface area contributed by atoms with Crippen molar-refractivity contribution >= 4 is 15.9 Å². The van der Waals surface area contributed by atoms with Crippen molar-refractivity contribution in [3.63, 3.8) is 0 Å². The molecule has 2 nitrogen and oxygen atoms in total. The highest BCUT2D eigenvalue weighted by molar-refractivity contribution is 9.09. The minimum atomic E-state index is 0.0470. The molecule has 3 heteroatoms. The molecule has 0 saturated carbocycles.